The lowest BCUT2D eigenvalue weighted by atomic mass is 10.2. The zero-order chi connectivity index (χ0) is 13.1. The number of aryl methyl sites for hydroxylation is 1. The van der Waals surface area contributed by atoms with Gasteiger partial charge in [0.15, 0.2) is 0 Å². The van der Waals surface area contributed by atoms with Gasteiger partial charge in [0.2, 0.25) is 5.88 Å². The van der Waals surface area contributed by atoms with E-state index in [1.807, 2.05) is 25.1 Å². The van der Waals surface area contributed by atoms with Crippen LogP contribution in [0.15, 0.2) is 34.8 Å². The van der Waals surface area contributed by atoms with Gasteiger partial charge in [0.05, 0.1) is 15.2 Å². The standard InChI is InChI=1S/C13H12BrClN2O/c1-8-2-4-12(9(14)6-8)18-13-5-3-10(15)11(7-16)17-13/h2-6H,7,16H2,1H3. The van der Waals surface area contributed by atoms with Crippen molar-refractivity contribution in [1.29, 1.82) is 0 Å². The fourth-order valence-electron chi connectivity index (χ4n) is 1.47. The number of hydrogen-bond donors (Lipinski definition) is 1. The van der Waals surface area contributed by atoms with Crippen LogP contribution in [0.2, 0.25) is 5.02 Å². The van der Waals surface area contributed by atoms with E-state index in [-0.39, 0.29) is 6.54 Å². The maximum Gasteiger partial charge on any atom is 0.219 e. The second-order valence-corrected chi connectivity index (χ2v) is 5.08. The molecule has 0 unspecified atom stereocenters. The molecule has 0 spiro atoms. The Labute approximate surface area is 119 Å². The lowest BCUT2D eigenvalue weighted by Crippen LogP contribution is -2.01. The lowest BCUT2D eigenvalue weighted by Gasteiger charge is -2.09. The Hall–Kier alpha value is -1.10. The fraction of sp³-hybridized carbons (Fsp3) is 0.154. The summed E-state index contributed by atoms with van der Waals surface area (Å²) in [6.07, 6.45) is 0. The highest BCUT2D eigenvalue weighted by molar-refractivity contribution is 9.10. The molecule has 2 N–H and O–H groups in total. The van der Waals surface area contributed by atoms with E-state index >= 15 is 0 Å². The van der Waals surface area contributed by atoms with E-state index in [1.54, 1.807) is 12.1 Å². The molecule has 0 aliphatic heterocycles. The number of pyridine rings is 1. The average Bonchev–Trinajstić information content (AvgIpc) is 2.35. The molecule has 0 atom stereocenters. The molecule has 0 radical (unpaired) electrons. The summed E-state index contributed by atoms with van der Waals surface area (Å²) >= 11 is 9.40. The molecule has 5 heteroatoms. The second kappa shape index (κ2) is 5.69. The molecule has 94 valence electrons. The molecule has 1 aromatic carbocycles. The quantitative estimate of drug-likeness (QED) is 0.925. The Bertz CT molecular complexity index is 575. The summed E-state index contributed by atoms with van der Waals surface area (Å²) in [5, 5.41) is 0.549. The molecule has 2 aromatic rings. The maximum absolute atomic E-state index is 5.94. The van der Waals surface area contributed by atoms with Crippen molar-refractivity contribution in [3.05, 3.63) is 51.1 Å². The maximum atomic E-state index is 5.94. The Morgan fingerprint density at radius 3 is 2.78 bits per heavy atom. The number of nitrogens with zero attached hydrogens (tertiary/aromatic N) is 1. The van der Waals surface area contributed by atoms with Gasteiger partial charge < -0.3 is 10.5 Å². The first-order chi connectivity index (χ1) is 8.60. The number of halogens is 2. The number of nitrogens with two attached hydrogens (primary N) is 1. The van der Waals surface area contributed by atoms with E-state index in [1.165, 1.54) is 0 Å². The van der Waals surface area contributed by atoms with Gasteiger partial charge >= 0.3 is 0 Å². The van der Waals surface area contributed by atoms with Crippen LogP contribution in [0.5, 0.6) is 11.6 Å². The summed E-state index contributed by atoms with van der Waals surface area (Å²) in [5.41, 5.74) is 7.33. The minimum Gasteiger partial charge on any atom is -0.438 e. The number of hydrogen-bond acceptors (Lipinski definition) is 3. The fourth-order valence-corrected chi connectivity index (χ4v) is 2.22. The van der Waals surface area contributed by atoms with Crippen LogP contribution >= 0.6 is 27.5 Å². The highest BCUT2D eigenvalue weighted by atomic mass is 79.9. The first-order valence-corrected chi connectivity index (χ1v) is 6.56. The van der Waals surface area contributed by atoms with Crippen LogP contribution in [0, 0.1) is 6.92 Å². The van der Waals surface area contributed by atoms with Crippen molar-refractivity contribution >= 4 is 27.5 Å². The third kappa shape index (κ3) is 3.02. The molecule has 18 heavy (non-hydrogen) atoms. The minimum absolute atomic E-state index is 0.283. The van der Waals surface area contributed by atoms with Gasteiger partial charge in [0, 0.05) is 12.6 Å². The van der Waals surface area contributed by atoms with Gasteiger partial charge in [-0.05, 0) is 46.6 Å². The van der Waals surface area contributed by atoms with Crippen LogP contribution in [-0.2, 0) is 6.54 Å². The predicted octanol–water partition coefficient (Wildman–Crippen LogP) is 4.06. The van der Waals surface area contributed by atoms with Crippen molar-refractivity contribution in [2.24, 2.45) is 5.73 Å². The predicted molar refractivity (Wildman–Crippen MR) is 76.1 cm³/mol. The Balaban J connectivity index is 2.28. The number of ether oxygens (including phenoxy) is 1. The van der Waals surface area contributed by atoms with E-state index in [9.17, 15) is 0 Å². The molecular weight excluding hydrogens is 316 g/mol. The molecule has 0 saturated carbocycles. The van der Waals surface area contributed by atoms with Crippen molar-refractivity contribution in [3.8, 4) is 11.6 Å². The van der Waals surface area contributed by atoms with Crippen LogP contribution < -0.4 is 10.5 Å². The average molecular weight is 328 g/mol. The highest BCUT2D eigenvalue weighted by Crippen LogP contribution is 2.30. The van der Waals surface area contributed by atoms with Crippen LogP contribution in [0.25, 0.3) is 0 Å². The lowest BCUT2D eigenvalue weighted by molar-refractivity contribution is 0.458. The zero-order valence-electron chi connectivity index (χ0n) is 9.78. The van der Waals surface area contributed by atoms with Crippen molar-refractivity contribution in [3.63, 3.8) is 0 Å². The normalized spacial score (nSPS) is 10.4. The molecule has 0 fully saturated rings. The van der Waals surface area contributed by atoms with Crippen molar-refractivity contribution < 1.29 is 4.74 Å². The van der Waals surface area contributed by atoms with E-state index < -0.39 is 0 Å². The molecule has 1 heterocycles. The summed E-state index contributed by atoms with van der Waals surface area (Å²) < 4.78 is 6.57. The van der Waals surface area contributed by atoms with Crippen LogP contribution in [0.4, 0.5) is 0 Å². The van der Waals surface area contributed by atoms with Gasteiger partial charge in [-0.1, -0.05) is 17.7 Å². The van der Waals surface area contributed by atoms with Crippen molar-refractivity contribution in [1.82, 2.24) is 4.98 Å². The zero-order valence-corrected chi connectivity index (χ0v) is 12.1. The first kappa shape index (κ1) is 13.3. The largest absolute Gasteiger partial charge is 0.438 e. The second-order valence-electron chi connectivity index (χ2n) is 3.82. The third-order valence-electron chi connectivity index (χ3n) is 2.39. The van der Waals surface area contributed by atoms with Gasteiger partial charge in [0.1, 0.15) is 5.75 Å². The van der Waals surface area contributed by atoms with Gasteiger partial charge in [-0.3, -0.25) is 0 Å². The monoisotopic (exact) mass is 326 g/mol. The van der Waals surface area contributed by atoms with Crippen molar-refractivity contribution in [2.75, 3.05) is 0 Å². The minimum atomic E-state index is 0.283. The van der Waals surface area contributed by atoms with Gasteiger partial charge in [-0.2, -0.15) is 0 Å². The van der Waals surface area contributed by atoms with Gasteiger partial charge in [-0.15, -0.1) is 0 Å². The number of aromatic nitrogens is 1. The molecule has 0 saturated heterocycles. The SMILES string of the molecule is Cc1ccc(Oc2ccc(Cl)c(CN)n2)c(Br)c1. The van der Waals surface area contributed by atoms with Crippen molar-refractivity contribution in [2.45, 2.75) is 13.5 Å². The molecule has 0 bridgehead atoms. The summed E-state index contributed by atoms with van der Waals surface area (Å²) in [4.78, 5) is 4.25. The Morgan fingerprint density at radius 1 is 1.33 bits per heavy atom. The van der Waals surface area contributed by atoms with E-state index in [0.29, 0.717) is 22.3 Å². The molecule has 0 amide bonds. The number of rotatable bonds is 3. The third-order valence-corrected chi connectivity index (χ3v) is 3.35. The van der Waals surface area contributed by atoms with Crippen LogP contribution in [-0.4, -0.2) is 4.98 Å². The van der Waals surface area contributed by atoms with E-state index in [0.717, 1.165) is 10.0 Å². The van der Waals surface area contributed by atoms with Gasteiger partial charge in [0.25, 0.3) is 0 Å². The summed E-state index contributed by atoms with van der Waals surface area (Å²) in [6, 6.07) is 9.29. The topological polar surface area (TPSA) is 48.1 Å². The van der Waals surface area contributed by atoms with Crippen LogP contribution in [0.1, 0.15) is 11.3 Å². The van der Waals surface area contributed by atoms with E-state index in [2.05, 4.69) is 20.9 Å². The number of benzene rings is 1. The summed E-state index contributed by atoms with van der Waals surface area (Å²) in [7, 11) is 0. The Kier molecular flexibility index (Phi) is 4.22. The molecule has 0 aliphatic carbocycles. The highest BCUT2D eigenvalue weighted by Gasteiger charge is 2.06. The molecule has 3 nitrogen and oxygen atoms in total. The molecule has 1 aromatic heterocycles. The molecule has 2 rings (SSSR count). The molecular formula is C13H12BrClN2O. The smallest absolute Gasteiger partial charge is 0.219 e. The first-order valence-electron chi connectivity index (χ1n) is 5.39. The van der Waals surface area contributed by atoms with Gasteiger partial charge in [-0.25, -0.2) is 4.98 Å². The van der Waals surface area contributed by atoms with Crippen LogP contribution in [0.3, 0.4) is 0 Å². The Morgan fingerprint density at radius 2 is 2.11 bits per heavy atom. The van der Waals surface area contributed by atoms with E-state index in [4.69, 9.17) is 22.1 Å². The molecule has 0 aliphatic rings. The summed E-state index contributed by atoms with van der Waals surface area (Å²) in [5.74, 6) is 1.18. The summed E-state index contributed by atoms with van der Waals surface area (Å²) in [6.45, 7) is 2.30.